The van der Waals surface area contributed by atoms with Gasteiger partial charge in [-0.25, -0.2) is 8.42 Å². The van der Waals surface area contributed by atoms with Crippen LogP contribution in [-0.4, -0.2) is 44.1 Å². The number of sulfonamides is 1. The van der Waals surface area contributed by atoms with E-state index in [2.05, 4.69) is 0 Å². The summed E-state index contributed by atoms with van der Waals surface area (Å²) in [7, 11) is -3.25. The van der Waals surface area contributed by atoms with Gasteiger partial charge in [0.15, 0.2) is 0 Å². The van der Waals surface area contributed by atoms with E-state index < -0.39 is 10.0 Å². The molecule has 1 heterocycles. The standard InChI is InChI=1S/C13H17Cl2NO3S/c14-6-1-9-20(17,18)16-7-8-19-13(10-16)11-2-4-12(15)5-3-11/h2-5,13H,1,6-10H2. The second-order valence-electron chi connectivity index (χ2n) is 4.63. The van der Waals surface area contributed by atoms with Gasteiger partial charge in [-0.05, 0) is 24.1 Å². The van der Waals surface area contributed by atoms with Gasteiger partial charge in [-0.1, -0.05) is 23.7 Å². The molecular weight excluding hydrogens is 321 g/mol. The van der Waals surface area contributed by atoms with E-state index in [1.807, 2.05) is 12.1 Å². The molecule has 0 saturated carbocycles. The number of alkyl halides is 1. The Bertz CT molecular complexity index is 533. The highest BCUT2D eigenvalue weighted by Crippen LogP contribution is 2.25. The molecule has 0 bridgehead atoms. The SMILES string of the molecule is O=S(=O)(CCCCl)N1CCOC(c2ccc(Cl)cc2)C1. The molecule has 0 aromatic heterocycles. The Balaban J connectivity index is 2.06. The molecule has 1 aromatic rings. The largest absolute Gasteiger partial charge is 0.371 e. The first kappa shape index (κ1) is 16.0. The summed E-state index contributed by atoms with van der Waals surface area (Å²) < 4.78 is 31.5. The maximum absolute atomic E-state index is 12.2. The summed E-state index contributed by atoms with van der Waals surface area (Å²) >= 11 is 11.4. The Morgan fingerprint density at radius 2 is 2.00 bits per heavy atom. The van der Waals surface area contributed by atoms with Gasteiger partial charge in [0.05, 0.1) is 18.5 Å². The summed E-state index contributed by atoms with van der Waals surface area (Å²) in [5, 5.41) is 0.649. The molecule has 2 rings (SSSR count). The second-order valence-corrected chi connectivity index (χ2v) is 7.53. The van der Waals surface area contributed by atoms with Crippen LogP contribution in [0.5, 0.6) is 0 Å². The number of hydrogen-bond donors (Lipinski definition) is 0. The van der Waals surface area contributed by atoms with Gasteiger partial charge in [-0.2, -0.15) is 4.31 Å². The van der Waals surface area contributed by atoms with Crippen molar-refractivity contribution in [2.45, 2.75) is 12.5 Å². The minimum absolute atomic E-state index is 0.0871. The van der Waals surface area contributed by atoms with E-state index in [0.717, 1.165) is 5.56 Å². The predicted octanol–water partition coefficient (Wildman–Crippen LogP) is 2.67. The molecular formula is C13H17Cl2NO3S. The lowest BCUT2D eigenvalue weighted by atomic mass is 10.1. The van der Waals surface area contributed by atoms with Crippen molar-refractivity contribution in [1.29, 1.82) is 0 Å². The van der Waals surface area contributed by atoms with Crippen LogP contribution in [0.4, 0.5) is 0 Å². The third kappa shape index (κ3) is 4.09. The molecule has 1 aliphatic heterocycles. The van der Waals surface area contributed by atoms with E-state index in [9.17, 15) is 8.42 Å². The first-order valence-corrected chi connectivity index (χ1v) is 8.96. The number of morpholine rings is 1. The highest BCUT2D eigenvalue weighted by atomic mass is 35.5. The molecule has 0 amide bonds. The van der Waals surface area contributed by atoms with Crippen LogP contribution in [0.25, 0.3) is 0 Å². The van der Waals surface area contributed by atoms with E-state index in [0.29, 0.717) is 37.0 Å². The molecule has 0 spiro atoms. The van der Waals surface area contributed by atoms with Gasteiger partial charge in [-0.15, -0.1) is 11.6 Å². The van der Waals surface area contributed by atoms with E-state index >= 15 is 0 Å². The number of halogens is 2. The maximum atomic E-state index is 12.2. The van der Waals surface area contributed by atoms with Gasteiger partial charge in [0.25, 0.3) is 0 Å². The first-order chi connectivity index (χ1) is 9.53. The zero-order valence-electron chi connectivity index (χ0n) is 11.0. The molecule has 1 unspecified atom stereocenters. The van der Waals surface area contributed by atoms with Crippen molar-refractivity contribution in [3.63, 3.8) is 0 Å². The van der Waals surface area contributed by atoms with Crippen LogP contribution in [0, 0.1) is 0 Å². The van der Waals surface area contributed by atoms with Crippen LogP contribution in [0.3, 0.4) is 0 Å². The summed E-state index contributed by atoms with van der Waals surface area (Å²) in [6.45, 7) is 1.13. The smallest absolute Gasteiger partial charge is 0.214 e. The van der Waals surface area contributed by atoms with Crippen molar-refractivity contribution in [3.05, 3.63) is 34.9 Å². The number of hydrogen-bond acceptors (Lipinski definition) is 3. The molecule has 0 N–H and O–H groups in total. The Morgan fingerprint density at radius 3 is 2.65 bits per heavy atom. The number of rotatable bonds is 5. The highest BCUT2D eigenvalue weighted by molar-refractivity contribution is 7.89. The fraction of sp³-hybridized carbons (Fsp3) is 0.538. The van der Waals surface area contributed by atoms with Gasteiger partial charge < -0.3 is 4.74 Å². The summed E-state index contributed by atoms with van der Waals surface area (Å²) in [4.78, 5) is 0. The normalized spacial score (nSPS) is 21.0. The molecule has 1 atom stereocenters. The predicted molar refractivity (Wildman–Crippen MR) is 80.8 cm³/mol. The van der Waals surface area contributed by atoms with Crippen LogP contribution in [-0.2, 0) is 14.8 Å². The molecule has 20 heavy (non-hydrogen) atoms. The summed E-state index contributed by atoms with van der Waals surface area (Å²) in [5.41, 5.74) is 0.937. The van der Waals surface area contributed by atoms with Gasteiger partial charge >= 0.3 is 0 Å². The van der Waals surface area contributed by atoms with Crippen LogP contribution in [0.2, 0.25) is 5.02 Å². The van der Waals surface area contributed by atoms with Gasteiger partial charge in [0, 0.05) is 24.0 Å². The monoisotopic (exact) mass is 337 g/mol. The van der Waals surface area contributed by atoms with Crippen LogP contribution >= 0.6 is 23.2 Å². The molecule has 1 aliphatic rings. The van der Waals surface area contributed by atoms with Gasteiger partial charge in [0.1, 0.15) is 0 Å². The molecule has 112 valence electrons. The van der Waals surface area contributed by atoms with Crippen molar-refractivity contribution in [2.24, 2.45) is 0 Å². The zero-order chi connectivity index (χ0) is 14.6. The summed E-state index contributed by atoms with van der Waals surface area (Å²) in [6, 6.07) is 7.28. The zero-order valence-corrected chi connectivity index (χ0v) is 13.3. The number of benzene rings is 1. The van der Waals surface area contributed by atoms with E-state index in [4.69, 9.17) is 27.9 Å². The topological polar surface area (TPSA) is 46.6 Å². The second kappa shape index (κ2) is 7.09. The van der Waals surface area contributed by atoms with Crippen molar-refractivity contribution >= 4 is 33.2 Å². The quantitative estimate of drug-likeness (QED) is 0.776. The van der Waals surface area contributed by atoms with Crippen molar-refractivity contribution < 1.29 is 13.2 Å². The van der Waals surface area contributed by atoms with Gasteiger partial charge in [0.2, 0.25) is 10.0 Å². The lowest BCUT2D eigenvalue weighted by Crippen LogP contribution is -2.43. The van der Waals surface area contributed by atoms with Crippen LogP contribution in [0.15, 0.2) is 24.3 Å². The average Bonchev–Trinajstić information content (AvgIpc) is 2.46. The van der Waals surface area contributed by atoms with Crippen molar-refractivity contribution in [3.8, 4) is 0 Å². The van der Waals surface area contributed by atoms with Crippen LogP contribution < -0.4 is 0 Å². The Hall–Kier alpha value is -0.330. The van der Waals surface area contributed by atoms with Crippen molar-refractivity contribution in [2.75, 3.05) is 31.3 Å². The molecule has 0 aliphatic carbocycles. The average molecular weight is 338 g/mol. The van der Waals surface area contributed by atoms with Crippen LogP contribution in [0.1, 0.15) is 18.1 Å². The van der Waals surface area contributed by atoms with E-state index in [1.54, 1.807) is 12.1 Å². The minimum atomic E-state index is -3.25. The Labute approximate surface area is 129 Å². The third-order valence-electron chi connectivity index (χ3n) is 3.20. The molecule has 1 fully saturated rings. The summed E-state index contributed by atoms with van der Waals surface area (Å²) in [6.07, 6.45) is 0.221. The molecule has 1 saturated heterocycles. The lowest BCUT2D eigenvalue weighted by molar-refractivity contribution is -0.00253. The lowest BCUT2D eigenvalue weighted by Gasteiger charge is -2.32. The number of ether oxygens (including phenoxy) is 1. The molecule has 4 nitrogen and oxygen atoms in total. The molecule has 1 aromatic carbocycles. The minimum Gasteiger partial charge on any atom is -0.371 e. The Morgan fingerprint density at radius 1 is 1.30 bits per heavy atom. The van der Waals surface area contributed by atoms with Crippen molar-refractivity contribution in [1.82, 2.24) is 4.31 Å². The third-order valence-corrected chi connectivity index (χ3v) is 5.64. The fourth-order valence-corrected chi connectivity index (χ4v) is 4.02. The highest BCUT2D eigenvalue weighted by Gasteiger charge is 2.29. The first-order valence-electron chi connectivity index (χ1n) is 6.44. The summed E-state index contributed by atoms with van der Waals surface area (Å²) in [5.74, 6) is 0.439. The van der Waals surface area contributed by atoms with Gasteiger partial charge in [-0.3, -0.25) is 0 Å². The van der Waals surface area contributed by atoms with E-state index in [1.165, 1.54) is 4.31 Å². The number of nitrogens with zero attached hydrogens (tertiary/aromatic N) is 1. The molecule has 7 heteroatoms. The Kier molecular flexibility index (Phi) is 5.69. The maximum Gasteiger partial charge on any atom is 0.214 e. The van der Waals surface area contributed by atoms with E-state index in [-0.39, 0.29) is 11.9 Å². The fourth-order valence-electron chi connectivity index (χ4n) is 2.12. The molecule has 0 radical (unpaired) electrons.